The maximum atomic E-state index is 8.91. The first-order valence-corrected chi connectivity index (χ1v) is 5.83. The van der Waals surface area contributed by atoms with Crippen molar-refractivity contribution in [2.24, 2.45) is 5.92 Å². The number of halogens is 1. The zero-order chi connectivity index (χ0) is 9.26. The van der Waals surface area contributed by atoms with E-state index in [-0.39, 0.29) is 5.92 Å². The second-order valence-electron chi connectivity index (χ2n) is 3.17. The summed E-state index contributed by atoms with van der Waals surface area (Å²) in [5.74, 6) is 0.534. The molecular formula is C9H9BrN2S. The summed E-state index contributed by atoms with van der Waals surface area (Å²) in [5.41, 5.74) is 0. The van der Waals surface area contributed by atoms with Gasteiger partial charge in [0.1, 0.15) is 0 Å². The molecule has 1 aliphatic heterocycles. The number of nitrogens with zero attached hydrogens (tertiary/aromatic N) is 1. The monoisotopic (exact) mass is 256 g/mol. The van der Waals surface area contributed by atoms with Crippen LogP contribution in [0.2, 0.25) is 0 Å². The molecule has 0 saturated carbocycles. The molecule has 2 heterocycles. The Balaban J connectivity index is 2.21. The second kappa shape index (κ2) is 3.79. The molecule has 2 rings (SSSR count). The van der Waals surface area contributed by atoms with Gasteiger partial charge >= 0.3 is 0 Å². The maximum absolute atomic E-state index is 8.91. The molecule has 13 heavy (non-hydrogen) atoms. The predicted octanol–water partition coefficient (Wildman–Crippen LogP) is 2.34. The van der Waals surface area contributed by atoms with Gasteiger partial charge in [-0.3, -0.25) is 0 Å². The molecule has 1 N–H and O–H groups in total. The quantitative estimate of drug-likeness (QED) is 0.838. The molecule has 1 saturated heterocycles. The Morgan fingerprint density at radius 1 is 1.62 bits per heavy atom. The lowest BCUT2D eigenvalue weighted by atomic mass is 9.96. The highest BCUT2D eigenvalue weighted by atomic mass is 79.9. The van der Waals surface area contributed by atoms with Gasteiger partial charge in [0.05, 0.1) is 12.0 Å². The highest BCUT2D eigenvalue weighted by Gasteiger charge is 2.29. The van der Waals surface area contributed by atoms with E-state index in [1.807, 2.05) is 0 Å². The summed E-state index contributed by atoms with van der Waals surface area (Å²) in [4.78, 5) is 1.31. The lowest BCUT2D eigenvalue weighted by Crippen LogP contribution is -2.07. The molecule has 4 heteroatoms. The molecule has 0 unspecified atom stereocenters. The standard InChI is InChI=1S/C9H9BrN2S/c10-7-1-9(13-5-7)8-4-12-3-6(8)2-11/h1,5-6,8,12H,3-4H2/t6-,8+/m0/s1. The summed E-state index contributed by atoms with van der Waals surface area (Å²) in [6, 6.07) is 4.47. The number of rotatable bonds is 1. The van der Waals surface area contributed by atoms with Crippen LogP contribution in [0.1, 0.15) is 10.8 Å². The normalized spacial score (nSPS) is 27.4. The Morgan fingerprint density at radius 2 is 2.46 bits per heavy atom. The molecule has 0 aromatic carbocycles. The van der Waals surface area contributed by atoms with Crippen molar-refractivity contribution in [1.29, 1.82) is 5.26 Å². The lowest BCUT2D eigenvalue weighted by molar-refractivity contribution is 0.656. The summed E-state index contributed by atoms with van der Waals surface area (Å²) in [6.07, 6.45) is 0. The number of hydrogen-bond acceptors (Lipinski definition) is 3. The zero-order valence-electron chi connectivity index (χ0n) is 6.96. The lowest BCUT2D eigenvalue weighted by Gasteiger charge is -2.08. The van der Waals surface area contributed by atoms with Gasteiger partial charge < -0.3 is 5.32 Å². The largest absolute Gasteiger partial charge is 0.315 e. The van der Waals surface area contributed by atoms with Crippen LogP contribution in [0.15, 0.2) is 15.9 Å². The van der Waals surface area contributed by atoms with Crippen molar-refractivity contribution < 1.29 is 0 Å². The van der Waals surface area contributed by atoms with Crippen LogP contribution >= 0.6 is 27.3 Å². The Bertz CT molecular complexity index is 342. The molecule has 1 aromatic rings. The van der Waals surface area contributed by atoms with Crippen LogP contribution in [0.5, 0.6) is 0 Å². The van der Waals surface area contributed by atoms with Crippen LogP contribution in [0.4, 0.5) is 0 Å². The number of nitrogens with one attached hydrogen (secondary N) is 1. The smallest absolute Gasteiger partial charge is 0.0676 e. The first-order chi connectivity index (χ1) is 6.31. The Hall–Kier alpha value is -0.370. The van der Waals surface area contributed by atoms with E-state index in [9.17, 15) is 0 Å². The van der Waals surface area contributed by atoms with E-state index in [4.69, 9.17) is 5.26 Å². The van der Waals surface area contributed by atoms with Gasteiger partial charge in [0.25, 0.3) is 0 Å². The van der Waals surface area contributed by atoms with E-state index >= 15 is 0 Å². The molecule has 0 radical (unpaired) electrons. The van der Waals surface area contributed by atoms with Crippen LogP contribution in [-0.4, -0.2) is 13.1 Å². The summed E-state index contributed by atoms with van der Waals surface area (Å²) >= 11 is 5.16. The van der Waals surface area contributed by atoms with Gasteiger partial charge in [-0.25, -0.2) is 0 Å². The highest BCUT2D eigenvalue weighted by Crippen LogP contribution is 2.33. The average Bonchev–Trinajstić information content (AvgIpc) is 2.71. The van der Waals surface area contributed by atoms with E-state index in [0.717, 1.165) is 17.6 Å². The number of thiophene rings is 1. The van der Waals surface area contributed by atoms with Crippen molar-refractivity contribution in [1.82, 2.24) is 5.32 Å². The Morgan fingerprint density at radius 3 is 3.08 bits per heavy atom. The first-order valence-electron chi connectivity index (χ1n) is 4.15. The molecule has 0 bridgehead atoms. The van der Waals surface area contributed by atoms with Gasteiger partial charge in [-0.05, 0) is 22.0 Å². The van der Waals surface area contributed by atoms with Crippen molar-refractivity contribution in [2.45, 2.75) is 5.92 Å². The zero-order valence-corrected chi connectivity index (χ0v) is 9.36. The van der Waals surface area contributed by atoms with Crippen LogP contribution in [0.25, 0.3) is 0 Å². The molecule has 68 valence electrons. The van der Waals surface area contributed by atoms with Crippen molar-refractivity contribution >= 4 is 27.3 Å². The van der Waals surface area contributed by atoms with E-state index in [1.54, 1.807) is 11.3 Å². The molecule has 0 aliphatic carbocycles. The van der Waals surface area contributed by atoms with Crippen molar-refractivity contribution in [3.63, 3.8) is 0 Å². The first kappa shape index (κ1) is 9.20. The predicted molar refractivity (Wildman–Crippen MR) is 56.7 cm³/mol. The molecule has 2 nitrogen and oxygen atoms in total. The fourth-order valence-corrected chi connectivity index (χ4v) is 3.25. The summed E-state index contributed by atoms with van der Waals surface area (Å²) in [5, 5.41) is 14.2. The third kappa shape index (κ3) is 1.78. The van der Waals surface area contributed by atoms with Crippen molar-refractivity contribution in [2.75, 3.05) is 13.1 Å². The molecule has 2 atom stereocenters. The summed E-state index contributed by atoms with van der Waals surface area (Å²) in [6.45, 7) is 1.77. The van der Waals surface area contributed by atoms with Gasteiger partial charge in [-0.15, -0.1) is 11.3 Å². The van der Waals surface area contributed by atoms with E-state index in [0.29, 0.717) is 5.92 Å². The summed E-state index contributed by atoms with van der Waals surface area (Å²) < 4.78 is 1.12. The molecule has 0 spiro atoms. The van der Waals surface area contributed by atoms with Gasteiger partial charge in [0.2, 0.25) is 0 Å². The van der Waals surface area contributed by atoms with Gasteiger partial charge in [-0.2, -0.15) is 5.26 Å². The van der Waals surface area contributed by atoms with Gasteiger partial charge in [-0.1, -0.05) is 0 Å². The topological polar surface area (TPSA) is 35.8 Å². The fourth-order valence-electron chi connectivity index (χ4n) is 1.64. The Kier molecular flexibility index (Phi) is 2.68. The minimum Gasteiger partial charge on any atom is -0.315 e. The molecule has 1 aliphatic rings. The maximum Gasteiger partial charge on any atom is 0.0676 e. The molecule has 0 amide bonds. The molecule has 1 aromatic heterocycles. The van der Waals surface area contributed by atoms with Crippen LogP contribution in [0.3, 0.4) is 0 Å². The van der Waals surface area contributed by atoms with E-state index in [1.165, 1.54) is 4.88 Å². The van der Waals surface area contributed by atoms with Gasteiger partial charge in [0.15, 0.2) is 0 Å². The van der Waals surface area contributed by atoms with Crippen LogP contribution < -0.4 is 5.32 Å². The summed E-state index contributed by atoms with van der Waals surface area (Å²) in [7, 11) is 0. The fraction of sp³-hybridized carbons (Fsp3) is 0.444. The second-order valence-corrected chi connectivity index (χ2v) is 5.03. The number of hydrogen-bond donors (Lipinski definition) is 1. The minimum atomic E-state index is 0.144. The van der Waals surface area contributed by atoms with Crippen molar-refractivity contribution in [3.05, 3.63) is 20.8 Å². The van der Waals surface area contributed by atoms with Crippen LogP contribution in [-0.2, 0) is 0 Å². The third-order valence-electron chi connectivity index (χ3n) is 2.33. The minimum absolute atomic E-state index is 0.144. The third-order valence-corrected chi connectivity index (χ3v) is 4.16. The molecular weight excluding hydrogens is 248 g/mol. The SMILES string of the molecule is N#C[C@H]1CNC[C@H]1c1cc(Br)cs1. The van der Waals surface area contributed by atoms with Gasteiger partial charge in [0, 0.05) is 33.7 Å². The molecule has 1 fully saturated rings. The Labute approximate surface area is 89.7 Å². The van der Waals surface area contributed by atoms with E-state index in [2.05, 4.69) is 38.8 Å². The van der Waals surface area contributed by atoms with E-state index < -0.39 is 0 Å². The van der Waals surface area contributed by atoms with Crippen molar-refractivity contribution in [3.8, 4) is 6.07 Å². The average molecular weight is 257 g/mol. The number of nitriles is 1. The van der Waals surface area contributed by atoms with Crippen LogP contribution in [0, 0.1) is 17.2 Å². The highest BCUT2D eigenvalue weighted by molar-refractivity contribution is 9.10.